The number of anilines is 2. The lowest BCUT2D eigenvalue weighted by molar-refractivity contribution is -0.137. The van der Waals surface area contributed by atoms with Crippen LogP contribution < -0.4 is 10.6 Å². The molecule has 0 saturated carbocycles. The van der Waals surface area contributed by atoms with Crippen LogP contribution in [0.3, 0.4) is 0 Å². The van der Waals surface area contributed by atoms with Crippen molar-refractivity contribution in [1.29, 1.82) is 0 Å². The van der Waals surface area contributed by atoms with Gasteiger partial charge in [-0.25, -0.2) is 9.10 Å². The molecular weight excluding hydrogens is 453 g/mol. The van der Waals surface area contributed by atoms with E-state index in [0.717, 1.165) is 56.4 Å². The number of benzene rings is 2. The van der Waals surface area contributed by atoms with Gasteiger partial charge < -0.3 is 15.4 Å². The van der Waals surface area contributed by atoms with Gasteiger partial charge in [-0.1, -0.05) is 0 Å². The number of urea groups is 1. The number of nitrogens with zero attached hydrogens (tertiary/aromatic N) is 2. The lowest BCUT2D eigenvalue weighted by Crippen LogP contribution is -2.43. The van der Waals surface area contributed by atoms with Crippen LogP contribution >= 0.6 is 11.9 Å². The fourth-order valence-electron chi connectivity index (χ4n) is 3.96. The molecule has 4 rings (SSSR count). The molecule has 2 fully saturated rings. The first-order chi connectivity index (χ1) is 15.9. The molecule has 0 radical (unpaired) electrons. The first kappa shape index (κ1) is 23.9. The number of carbonyl (C=O) groups excluding carboxylic acids is 1. The Bertz CT molecular complexity index is 919. The highest BCUT2D eigenvalue weighted by atomic mass is 32.2. The Morgan fingerprint density at radius 3 is 2.18 bits per heavy atom. The summed E-state index contributed by atoms with van der Waals surface area (Å²) in [6, 6.07) is 11.9. The molecule has 2 N–H and O–H groups in total. The number of ether oxygens (including phenoxy) is 1. The summed E-state index contributed by atoms with van der Waals surface area (Å²) in [5.74, 6) is 0. The Morgan fingerprint density at radius 2 is 1.58 bits per heavy atom. The van der Waals surface area contributed by atoms with Crippen LogP contribution in [-0.4, -0.2) is 60.7 Å². The van der Waals surface area contributed by atoms with Gasteiger partial charge in [0, 0.05) is 48.5 Å². The molecule has 1 atom stereocenters. The summed E-state index contributed by atoms with van der Waals surface area (Å²) in [7, 11) is 0. The minimum absolute atomic E-state index is 0.285. The van der Waals surface area contributed by atoms with Crippen LogP contribution in [0.2, 0.25) is 0 Å². The highest BCUT2D eigenvalue weighted by Crippen LogP contribution is 2.32. The van der Waals surface area contributed by atoms with E-state index in [-0.39, 0.29) is 5.69 Å². The lowest BCUT2D eigenvalue weighted by atomic mass is 10.2. The van der Waals surface area contributed by atoms with E-state index in [1.807, 2.05) is 24.3 Å². The number of amides is 2. The third kappa shape index (κ3) is 6.86. The molecule has 2 saturated heterocycles. The van der Waals surface area contributed by atoms with E-state index in [1.54, 1.807) is 11.9 Å². The van der Waals surface area contributed by atoms with Gasteiger partial charge in [-0.15, -0.1) is 0 Å². The van der Waals surface area contributed by atoms with Gasteiger partial charge in [-0.05, 0) is 73.3 Å². The van der Waals surface area contributed by atoms with Crippen molar-refractivity contribution in [3.8, 4) is 0 Å². The fraction of sp³-hybridized carbons (Fsp3) is 0.435. The normalized spacial score (nSPS) is 20.0. The maximum atomic E-state index is 12.6. The third-order valence-electron chi connectivity index (χ3n) is 5.70. The van der Waals surface area contributed by atoms with Crippen molar-refractivity contribution in [2.24, 2.45) is 0 Å². The van der Waals surface area contributed by atoms with E-state index in [1.165, 1.54) is 25.0 Å². The molecule has 2 amide bonds. The summed E-state index contributed by atoms with van der Waals surface area (Å²) in [5.41, 5.74) is 0.134. The van der Waals surface area contributed by atoms with E-state index in [2.05, 4.69) is 19.8 Å². The number of halogens is 3. The summed E-state index contributed by atoms with van der Waals surface area (Å²) in [4.78, 5) is 15.8. The third-order valence-corrected chi connectivity index (χ3v) is 6.90. The number of morpholine rings is 1. The second-order valence-electron chi connectivity index (χ2n) is 8.12. The van der Waals surface area contributed by atoms with Crippen LogP contribution in [-0.2, 0) is 10.9 Å². The maximum Gasteiger partial charge on any atom is 0.416 e. The monoisotopic (exact) mass is 480 g/mol. The molecule has 2 aromatic rings. The Labute approximate surface area is 195 Å². The van der Waals surface area contributed by atoms with Gasteiger partial charge in [-0.2, -0.15) is 13.2 Å². The predicted molar refractivity (Wildman–Crippen MR) is 123 cm³/mol. The maximum absolute atomic E-state index is 12.6. The highest BCUT2D eigenvalue weighted by molar-refractivity contribution is 7.97. The lowest BCUT2D eigenvalue weighted by Gasteiger charge is -2.32. The summed E-state index contributed by atoms with van der Waals surface area (Å²) >= 11 is 1.74. The van der Waals surface area contributed by atoms with Crippen LogP contribution in [0.25, 0.3) is 0 Å². The summed E-state index contributed by atoms with van der Waals surface area (Å²) in [6.07, 6.45) is -2.03. The molecule has 2 aromatic carbocycles. The number of carbonyl (C=O) groups is 1. The molecular formula is C23H27F3N4O2S. The van der Waals surface area contributed by atoms with Gasteiger partial charge in [0.25, 0.3) is 0 Å². The van der Waals surface area contributed by atoms with Crippen molar-refractivity contribution in [2.45, 2.75) is 30.0 Å². The Morgan fingerprint density at radius 1 is 0.970 bits per heavy atom. The van der Waals surface area contributed by atoms with Gasteiger partial charge >= 0.3 is 12.2 Å². The second-order valence-corrected chi connectivity index (χ2v) is 9.24. The average molecular weight is 481 g/mol. The van der Waals surface area contributed by atoms with Gasteiger partial charge in [-0.3, -0.25) is 4.90 Å². The van der Waals surface area contributed by atoms with Crippen molar-refractivity contribution >= 4 is 29.4 Å². The zero-order valence-electron chi connectivity index (χ0n) is 18.1. The van der Waals surface area contributed by atoms with E-state index in [0.29, 0.717) is 11.7 Å². The quantitative estimate of drug-likeness (QED) is 0.560. The van der Waals surface area contributed by atoms with Gasteiger partial charge in [0.1, 0.15) is 0 Å². The molecule has 178 valence electrons. The first-order valence-corrected chi connectivity index (χ1v) is 11.7. The van der Waals surface area contributed by atoms with Crippen LogP contribution in [0, 0.1) is 0 Å². The van der Waals surface area contributed by atoms with Crippen molar-refractivity contribution < 1.29 is 22.7 Å². The molecule has 0 spiro atoms. The number of rotatable bonds is 6. The standard InChI is InChI=1S/C23H27F3N4O2S/c24-23(25,26)17-3-5-18(6-4-17)27-22(31)28-19-7-9-21(10-8-19)33-30-11-1-2-20(30)16-29-12-14-32-15-13-29/h3-10,20H,1-2,11-16H2,(H2,27,28,31). The molecule has 0 bridgehead atoms. The zero-order chi connectivity index (χ0) is 23.3. The van der Waals surface area contributed by atoms with E-state index in [4.69, 9.17) is 4.74 Å². The van der Waals surface area contributed by atoms with Crippen LogP contribution in [0.4, 0.5) is 29.3 Å². The smallest absolute Gasteiger partial charge is 0.379 e. The number of nitrogens with one attached hydrogen (secondary N) is 2. The van der Waals surface area contributed by atoms with Gasteiger partial charge in [0.05, 0.1) is 18.8 Å². The van der Waals surface area contributed by atoms with Crippen molar-refractivity contribution in [1.82, 2.24) is 9.21 Å². The molecule has 2 aliphatic rings. The Balaban J connectivity index is 1.26. The highest BCUT2D eigenvalue weighted by Gasteiger charge is 2.30. The topological polar surface area (TPSA) is 56.8 Å². The van der Waals surface area contributed by atoms with Crippen LogP contribution in [0.5, 0.6) is 0 Å². The van der Waals surface area contributed by atoms with Gasteiger partial charge in [0.15, 0.2) is 0 Å². The molecule has 10 heteroatoms. The molecule has 2 aliphatic heterocycles. The predicted octanol–water partition coefficient (Wildman–Crippen LogP) is 5.15. The van der Waals surface area contributed by atoms with Crippen molar-refractivity contribution in [2.75, 3.05) is 50.0 Å². The SMILES string of the molecule is O=C(Nc1ccc(SN2CCCC2CN2CCOCC2)cc1)Nc1ccc(C(F)(F)F)cc1. The summed E-state index contributed by atoms with van der Waals surface area (Å²) < 4.78 is 45.8. The van der Waals surface area contributed by atoms with Gasteiger partial charge in [0.2, 0.25) is 0 Å². The molecule has 1 unspecified atom stereocenters. The Kier molecular flexibility index (Phi) is 7.79. The second kappa shape index (κ2) is 10.8. The minimum atomic E-state index is -4.40. The molecule has 6 nitrogen and oxygen atoms in total. The molecule has 2 heterocycles. The molecule has 33 heavy (non-hydrogen) atoms. The number of hydrogen-bond donors (Lipinski definition) is 2. The van der Waals surface area contributed by atoms with Crippen molar-refractivity contribution in [3.05, 3.63) is 54.1 Å². The Hall–Kier alpha value is -2.27. The molecule has 0 aliphatic carbocycles. The van der Waals surface area contributed by atoms with Crippen LogP contribution in [0.1, 0.15) is 18.4 Å². The largest absolute Gasteiger partial charge is 0.416 e. The van der Waals surface area contributed by atoms with E-state index >= 15 is 0 Å². The van der Waals surface area contributed by atoms with Crippen LogP contribution in [0.15, 0.2) is 53.4 Å². The first-order valence-electron chi connectivity index (χ1n) is 11.0. The van der Waals surface area contributed by atoms with E-state index in [9.17, 15) is 18.0 Å². The molecule has 0 aromatic heterocycles. The summed E-state index contributed by atoms with van der Waals surface area (Å²) in [6.45, 7) is 5.70. The number of hydrogen-bond acceptors (Lipinski definition) is 5. The fourth-order valence-corrected chi connectivity index (χ4v) is 5.03. The average Bonchev–Trinajstić information content (AvgIpc) is 3.22. The minimum Gasteiger partial charge on any atom is -0.379 e. The summed E-state index contributed by atoms with van der Waals surface area (Å²) in [5, 5.41) is 5.25. The van der Waals surface area contributed by atoms with Crippen molar-refractivity contribution in [3.63, 3.8) is 0 Å². The number of alkyl halides is 3. The van der Waals surface area contributed by atoms with E-state index < -0.39 is 17.8 Å². The zero-order valence-corrected chi connectivity index (χ0v) is 18.9.